The molecule has 0 aromatic heterocycles. The zero-order valence-electron chi connectivity index (χ0n) is 20.8. The Kier molecular flexibility index (Phi) is 8.59. The molecule has 0 fully saturated rings. The molecule has 1 aliphatic carbocycles. The predicted octanol–water partition coefficient (Wildman–Crippen LogP) is 6.63. The summed E-state index contributed by atoms with van der Waals surface area (Å²) in [7, 11) is 0. The van der Waals surface area contributed by atoms with E-state index in [1.165, 1.54) is 12.1 Å². The minimum absolute atomic E-state index is 0.115. The highest BCUT2D eigenvalue weighted by Crippen LogP contribution is 2.42. The molecule has 6 heteroatoms. The molecule has 184 valence electrons. The molecule has 0 saturated carbocycles. The van der Waals surface area contributed by atoms with Crippen LogP contribution in [0.15, 0.2) is 24.3 Å². The Morgan fingerprint density at radius 3 is 1.38 bits per heavy atom. The number of hydrogen-bond acceptors (Lipinski definition) is 6. The van der Waals surface area contributed by atoms with Gasteiger partial charge in [-0.1, -0.05) is 52.4 Å². The van der Waals surface area contributed by atoms with Gasteiger partial charge in [0.1, 0.15) is 11.5 Å². The summed E-state index contributed by atoms with van der Waals surface area (Å²) in [4.78, 5) is 27.3. The molecule has 2 aromatic rings. The van der Waals surface area contributed by atoms with E-state index >= 15 is 0 Å². The number of fused-ring (bicyclic) bond motifs is 2. The number of ketones is 2. The van der Waals surface area contributed by atoms with E-state index in [9.17, 15) is 19.8 Å². The number of unbranched alkanes of at least 4 members (excludes halogenated alkanes) is 4. The fraction of sp³-hybridized carbons (Fsp3) is 0.500. The zero-order valence-corrected chi connectivity index (χ0v) is 20.8. The van der Waals surface area contributed by atoms with E-state index in [-0.39, 0.29) is 45.8 Å². The van der Waals surface area contributed by atoms with Crippen molar-refractivity contribution in [3.8, 4) is 11.5 Å². The van der Waals surface area contributed by atoms with E-state index in [4.69, 9.17) is 0 Å². The topological polar surface area (TPSA) is 98.7 Å². The summed E-state index contributed by atoms with van der Waals surface area (Å²) in [5, 5.41) is 27.7. The number of phenolic OH excluding ortho intramolecular Hbond substituents is 2. The summed E-state index contributed by atoms with van der Waals surface area (Å²) >= 11 is 0. The molecule has 0 aliphatic heterocycles. The van der Waals surface area contributed by atoms with Crippen molar-refractivity contribution in [1.82, 2.24) is 0 Å². The first-order valence-corrected chi connectivity index (χ1v) is 12.6. The molecule has 4 N–H and O–H groups in total. The van der Waals surface area contributed by atoms with Crippen molar-refractivity contribution in [3.63, 3.8) is 0 Å². The number of rotatable bonds is 12. The van der Waals surface area contributed by atoms with Crippen LogP contribution in [-0.4, -0.2) is 33.9 Å². The standard InChI is InChI=1S/C28H38N2O4/c1-5-7-9-11-17(3)29-19-13-14-20(30-18(4)12-10-8-6-2)24-23(19)27(33)25-21(31)15-16-22(32)26(25)28(24)34/h13-18,29-32H,5-12H2,1-4H3. The fourth-order valence-corrected chi connectivity index (χ4v) is 4.68. The van der Waals surface area contributed by atoms with Gasteiger partial charge in [0.2, 0.25) is 11.6 Å². The smallest absolute Gasteiger partial charge is 0.200 e. The maximum Gasteiger partial charge on any atom is 0.200 e. The third kappa shape index (κ3) is 5.37. The van der Waals surface area contributed by atoms with E-state index < -0.39 is 11.6 Å². The Morgan fingerprint density at radius 1 is 0.647 bits per heavy atom. The van der Waals surface area contributed by atoms with E-state index in [1.807, 2.05) is 12.1 Å². The summed E-state index contributed by atoms with van der Waals surface area (Å²) in [6.45, 7) is 8.45. The van der Waals surface area contributed by atoms with Gasteiger partial charge in [0, 0.05) is 23.5 Å². The molecule has 2 atom stereocenters. The van der Waals surface area contributed by atoms with E-state index in [0.717, 1.165) is 51.4 Å². The molecule has 1 aliphatic rings. The average molecular weight is 467 g/mol. The number of hydrogen-bond donors (Lipinski definition) is 4. The molecular formula is C28H38N2O4. The van der Waals surface area contributed by atoms with Crippen molar-refractivity contribution in [3.05, 3.63) is 46.5 Å². The highest BCUT2D eigenvalue weighted by Gasteiger charge is 2.38. The normalized spacial score (nSPS) is 14.4. The minimum atomic E-state index is -0.455. The van der Waals surface area contributed by atoms with E-state index in [1.54, 1.807) is 0 Å². The van der Waals surface area contributed by atoms with Gasteiger partial charge in [-0.05, 0) is 51.0 Å². The second-order valence-electron chi connectivity index (χ2n) is 9.51. The Hall–Kier alpha value is -3.02. The zero-order chi connectivity index (χ0) is 24.8. The van der Waals surface area contributed by atoms with Crippen LogP contribution in [0.25, 0.3) is 0 Å². The molecule has 0 radical (unpaired) electrons. The van der Waals surface area contributed by atoms with Crippen LogP contribution >= 0.6 is 0 Å². The van der Waals surface area contributed by atoms with Gasteiger partial charge >= 0.3 is 0 Å². The summed E-state index contributed by atoms with van der Waals surface area (Å²) < 4.78 is 0. The predicted molar refractivity (Wildman–Crippen MR) is 138 cm³/mol. The number of anilines is 2. The largest absolute Gasteiger partial charge is 0.507 e. The van der Waals surface area contributed by atoms with Crippen LogP contribution in [0.1, 0.15) is 111 Å². The number of aromatic hydroxyl groups is 2. The number of benzene rings is 2. The monoisotopic (exact) mass is 466 g/mol. The Balaban J connectivity index is 2.04. The summed E-state index contributed by atoms with van der Waals surface area (Å²) in [6.07, 6.45) is 8.58. The van der Waals surface area contributed by atoms with Crippen molar-refractivity contribution in [2.24, 2.45) is 0 Å². The van der Waals surface area contributed by atoms with Crippen molar-refractivity contribution >= 4 is 22.9 Å². The average Bonchev–Trinajstić information content (AvgIpc) is 2.80. The molecule has 0 spiro atoms. The first-order chi connectivity index (χ1) is 16.3. The van der Waals surface area contributed by atoms with Crippen LogP contribution in [0.4, 0.5) is 11.4 Å². The molecule has 0 amide bonds. The van der Waals surface area contributed by atoms with Gasteiger partial charge in [-0.2, -0.15) is 0 Å². The molecule has 3 rings (SSSR count). The molecule has 0 bridgehead atoms. The third-order valence-corrected chi connectivity index (χ3v) is 6.56. The van der Waals surface area contributed by atoms with Crippen molar-refractivity contribution < 1.29 is 19.8 Å². The molecule has 0 heterocycles. The summed E-state index contributed by atoms with van der Waals surface area (Å²) in [6, 6.07) is 6.42. The lowest BCUT2D eigenvalue weighted by Crippen LogP contribution is -2.27. The van der Waals surface area contributed by atoms with Crippen molar-refractivity contribution in [2.45, 2.75) is 91.1 Å². The van der Waals surface area contributed by atoms with Crippen molar-refractivity contribution in [2.75, 3.05) is 10.6 Å². The quantitative estimate of drug-likeness (QED) is 0.176. The van der Waals surface area contributed by atoms with Crippen LogP contribution in [0.3, 0.4) is 0 Å². The van der Waals surface area contributed by atoms with Crippen LogP contribution in [-0.2, 0) is 0 Å². The first kappa shape index (κ1) is 25.6. The maximum atomic E-state index is 13.6. The molecule has 2 unspecified atom stereocenters. The van der Waals surface area contributed by atoms with Gasteiger partial charge in [0.25, 0.3) is 0 Å². The van der Waals surface area contributed by atoms with Crippen LogP contribution in [0.2, 0.25) is 0 Å². The number of carbonyl (C=O) groups excluding carboxylic acids is 2. The van der Waals surface area contributed by atoms with Crippen molar-refractivity contribution in [1.29, 1.82) is 0 Å². The van der Waals surface area contributed by atoms with Crippen LogP contribution in [0.5, 0.6) is 11.5 Å². The lowest BCUT2D eigenvalue weighted by molar-refractivity contribution is 0.0975. The minimum Gasteiger partial charge on any atom is -0.507 e. The van der Waals surface area contributed by atoms with E-state index in [2.05, 4.69) is 38.3 Å². The summed E-state index contributed by atoms with van der Waals surface area (Å²) in [5.74, 6) is -1.51. The number of carbonyl (C=O) groups is 2. The van der Waals surface area contributed by atoms with Gasteiger partial charge in [0.15, 0.2) is 0 Å². The van der Waals surface area contributed by atoms with Gasteiger partial charge in [-0.25, -0.2) is 0 Å². The van der Waals surface area contributed by atoms with Gasteiger partial charge < -0.3 is 20.8 Å². The second kappa shape index (κ2) is 11.4. The van der Waals surface area contributed by atoms with Crippen LogP contribution in [0, 0.1) is 0 Å². The third-order valence-electron chi connectivity index (χ3n) is 6.56. The number of phenols is 2. The Labute approximate surface area is 202 Å². The molecule has 2 aromatic carbocycles. The molecule has 34 heavy (non-hydrogen) atoms. The molecule has 6 nitrogen and oxygen atoms in total. The second-order valence-corrected chi connectivity index (χ2v) is 9.51. The fourth-order valence-electron chi connectivity index (χ4n) is 4.68. The van der Waals surface area contributed by atoms with Gasteiger partial charge in [-0.3, -0.25) is 9.59 Å². The molecule has 0 saturated heterocycles. The first-order valence-electron chi connectivity index (χ1n) is 12.6. The number of nitrogens with one attached hydrogen (secondary N) is 2. The highest BCUT2D eigenvalue weighted by atomic mass is 16.3. The molecular weight excluding hydrogens is 428 g/mol. The Bertz CT molecular complexity index is 965. The lowest BCUT2D eigenvalue weighted by Gasteiger charge is -2.27. The van der Waals surface area contributed by atoms with E-state index in [0.29, 0.717) is 11.4 Å². The SMILES string of the molecule is CCCCCC(C)Nc1ccc(NC(C)CCCCC)c2c1C(=O)c1c(O)ccc(O)c1C2=O. The maximum absolute atomic E-state index is 13.6. The van der Waals surface area contributed by atoms with Gasteiger partial charge in [-0.15, -0.1) is 0 Å². The highest BCUT2D eigenvalue weighted by molar-refractivity contribution is 6.33. The lowest BCUT2D eigenvalue weighted by atomic mass is 9.81. The Morgan fingerprint density at radius 2 is 1.03 bits per heavy atom. The van der Waals surface area contributed by atoms with Gasteiger partial charge in [0.05, 0.1) is 22.3 Å². The van der Waals surface area contributed by atoms with Crippen LogP contribution < -0.4 is 10.6 Å². The summed E-state index contributed by atoms with van der Waals surface area (Å²) in [5.41, 5.74) is 1.41.